The van der Waals surface area contributed by atoms with Gasteiger partial charge < -0.3 is 0 Å². The van der Waals surface area contributed by atoms with E-state index in [2.05, 4.69) is 60.7 Å². The van der Waals surface area contributed by atoms with Gasteiger partial charge in [-0.3, -0.25) is 0 Å². The summed E-state index contributed by atoms with van der Waals surface area (Å²) in [4.78, 5) is 0. The summed E-state index contributed by atoms with van der Waals surface area (Å²) in [7, 11) is 0. The number of hydrogen-bond acceptors (Lipinski definition) is 0. The molecule has 1 aliphatic carbocycles. The standard InChI is InChI=1S/C19H16/c1-2-7-14(6-1)17-10-5-11-18-16-9-4-3-8-15(16)12-13-19(17)18/h3-6,8-13H,1-2,7H2. The molecule has 0 saturated carbocycles. The van der Waals surface area contributed by atoms with E-state index in [1.807, 2.05) is 0 Å². The Balaban J connectivity index is 2.09. The van der Waals surface area contributed by atoms with Crippen molar-refractivity contribution in [1.29, 1.82) is 0 Å². The van der Waals surface area contributed by atoms with Crippen molar-refractivity contribution in [1.82, 2.24) is 0 Å². The van der Waals surface area contributed by atoms with Crippen molar-refractivity contribution in [3.05, 3.63) is 66.2 Å². The summed E-state index contributed by atoms with van der Waals surface area (Å²) in [6.07, 6.45) is 6.18. The molecule has 92 valence electrons. The molecule has 0 saturated heterocycles. The Morgan fingerprint density at radius 2 is 1.58 bits per heavy atom. The third-order valence-electron chi connectivity index (χ3n) is 4.17. The lowest BCUT2D eigenvalue weighted by molar-refractivity contribution is 0.936. The average Bonchev–Trinajstić information content (AvgIpc) is 3.00. The Morgan fingerprint density at radius 3 is 2.47 bits per heavy atom. The second-order valence-corrected chi connectivity index (χ2v) is 5.31. The van der Waals surface area contributed by atoms with Crippen LogP contribution in [0, 0.1) is 0 Å². The Hall–Kier alpha value is -2.08. The van der Waals surface area contributed by atoms with Crippen molar-refractivity contribution in [3.63, 3.8) is 0 Å². The molecule has 19 heavy (non-hydrogen) atoms. The largest absolute Gasteiger partial charge is 0.0807 e. The highest BCUT2D eigenvalue weighted by Crippen LogP contribution is 2.35. The molecule has 0 spiro atoms. The predicted octanol–water partition coefficient (Wildman–Crippen LogP) is 5.56. The highest BCUT2D eigenvalue weighted by atomic mass is 14.2. The molecular weight excluding hydrogens is 228 g/mol. The van der Waals surface area contributed by atoms with Gasteiger partial charge in [0.1, 0.15) is 0 Å². The Morgan fingerprint density at radius 1 is 0.684 bits per heavy atom. The lowest BCUT2D eigenvalue weighted by Gasteiger charge is -2.10. The average molecular weight is 244 g/mol. The molecule has 0 bridgehead atoms. The van der Waals surface area contributed by atoms with Gasteiger partial charge in [0.05, 0.1) is 0 Å². The van der Waals surface area contributed by atoms with E-state index in [1.54, 1.807) is 0 Å². The first-order valence-electron chi connectivity index (χ1n) is 7.03. The van der Waals surface area contributed by atoms with Crippen LogP contribution in [0.4, 0.5) is 0 Å². The summed E-state index contributed by atoms with van der Waals surface area (Å²) in [5, 5.41) is 5.46. The summed E-state index contributed by atoms with van der Waals surface area (Å²) in [6, 6.07) is 19.9. The van der Waals surface area contributed by atoms with Gasteiger partial charge in [0.15, 0.2) is 0 Å². The number of benzene rings is 3. The maximum absolute atomic E-state index is 2.41. The monoisotopic (exact) mass is 244 g/mol. The SMILES string of the molecule is C1=C(c2cccc3c2ccc2ccccc23)CCC1. The topological polar surface area (TPSA) is 0 Å². The van der Waals surface area contributed by atoms with Crippen molar-refractivity contribution >= 4 is 27.1 Å². The van der Waals surface area contributed by atoms with Gasteiger partial charge in [0, 0.05) is 0 Å². The van der Waals surface area contributed by atoms with Crippen LogP contribution in [-0.2, 0) is 0 Å². The Kier molecular flexibility index (Phi) is 2.41. The Labute approximate surface area is 113 Å². The molecule has 0 radical (unpaired) electrons. The second-order valence-electron chi connectivity index (χ2n) is 5.31. The Bertz CT molecular complexity index is 793. The van der Waals surface area contributed by atoms with Gasteiger partial charge in [0.25, 0.3) is 0 Å². The molecule has 0 aliphatic heterocycles. The minimum atomic E-state index is 1.23. The third-order valence-corrected chi connectivity index (χ3v) is 4.17. The van der Waals surface area contributed by atoms with Gasteiger partial charge in [-0.15, -0.1) is 0 Å². The molecule has 0 N–H and O–H groups in total. The molecule has 0 heterocycles. The molecule has 3 aromatic carbocycles. The van der Waals surface area contributed by atoms with Crippen molar-refractivity contribution in [2.45, 2.75) is 19.3 Å². The minimum Gasteiger partial charge on any atom is -0.0807 e. The summed E-state index contributed by atoms with van der Waals surface area (Å²) in [6.45, 7) is 0. The predicted molar refractivity (Wildman–Crippen MR) is 83.3 cm³/mol. The molecule has 0 heteroatoms. The van der Waals surface area contributed by atoms with E-state index < -0.39 is 0 Å². The zero-order valence-corrected chi connectivity index (χ0v) is 10.9. The smallest absolute Gasteiger partial charge is 0.00993 e. The summed E-state index contributed by atoms with van der Waals surface area (Å²) < 4.78 is 0. The lowest BCUT2D eigenvalue weighted by atomic mass is 9.94. The van der Waals surface area contributed by atoms with Gasteiger partial charge in [-0.2, -0.15) is 0 Å². The summed E-state index contributed by atoms with van der Waals surface area (Å²) >= 11 is 0. The second kappa shape index (κ2) is 4.24. The molecule has 0 aromatic heterocycles. The van der Waals surface area contributed by atoms with Crippen LogP contribution in [0.3, 0.4) is 0 Å². The zero-order chi connectivity index (χ0) is 12.7. The molecule has 0 amide bonds. The molecule has 0 unspecified atom stereocenters. The van der Waals surface area contributed by atoms with Crippen LogP contribution in [0.5, 0.6) is 0 Å². The maximum Gasteiger partial charge on any atom is -0.00993 e. The molecule has 1 aliphatic rings. The quantitative estimate of drug-likeness (QED) is 0.491. The number of hydrogen-bond donors (Lipinski definition) is 0. The van der Waals surface area contributed by atoms with E-state index in [0.29, 0.717) is 0 Å². The first-order chi connectivity index (χ1) is 9.43. The molecule has 0 nitrogen and oxygen atoms in total. The van der Waals surface area contributed by atoms with Crippen LogP contribution >= 0.6 is 0 Å². The van der Waals surface area contributed by atoms with Crippen molar-refractivity contribution in [3.8, 4) is 0 Å². The van der Waals surface area contributed by atoms with Crippen LogP contribution < -0.4 is 0 Å². The van der Waals surface area contributed by atoms with E-state index in [4.69, 9.17) is 0 Å². The van der Waals surface area contributed by atoms with E-state index in [1.165, 1.54) is 51.9 Å². The van der Waals surface area contributed by atoms with Crippen LogP contribution in [0.1, 0.15) is 24.8 Å². The van der Waals surface area contributed by atoms with Crippen LogP contribution in [0.25, 0.3) is 27.1 Å². The fraction of sp³-hybridized carbons (Fsp3) is 0.158. The lowest BCUT2D eigenvalue weighted by Crippen LogP contribution is -1.85. The van der Waals surface area contributed by atoms with E-state index in [9.17, 15) is 0 Å². The highest BCUT2D eigenvalue weighted by Gasteiger charge is 2.11. The van der Waals surface area contributed by atoms with Gasteiger partial charge in [-0.05, 0) is 51.9 Å². The van der Waals surface area contributed by atoms with E-state index in [-0.39, 0.29) is 0 Å². The zero-order valence-electron chi connectivity index (χ0n) is 10.9. The fourth-order valence-corrected chi connectivity index (χ4v) is 3.24. The summed E-state index contributed by atoms with van der Waals surface area (Å²) in [5.41, 5.74) is 2.96. The van der Waals surface area contributed by atoms with Gasteiger partial charge >= 0.3 is 0 Å². The van der Waals surface area contributed by atoms with Gasteiger partial charge in [-0.25, -0.2) is 0 Å². The number of allylic oxidation sites excluding steroid dienone is 2. The fourth-order valence-electron chi connectivity index (χ4n) is 3.24. The van der Waals surface area contributed by atoms with E-state index >= 15 is 0 Å². The van der Waals surface area contributed by atoms with Crippen LogP contribution in [0.2, 0.25) is 0 Å². The molecule has 0 atom stereocenters. The van der Waals surface area contributed by atoms with Crippen molar-refractivity contribution in [2.24, 2.45) is 0 Å². The number of rotatable bonds is 1. The van der Waals surface area contributed by atoms with Gasteiger partial charge in [-0.1, -0.05) is 60.7 Å². The molecule has 4 rings (SSSR count). The van der Waals surface area contributed by atoms with E-state index in [0.717, 1.165) is 0 Å². The maximum atomic E-state index is 2.41. The molecule has 0 fully saturated rings. The van der Waals surface area contributed by atoms with Crippen molar-refractivity contribution in [2.75, 3.05) is 0 Å². The number of fused-ring (bicyclic) bond motifs is 3. The van der Waals surface area contributed by atoms with Gasteiger partial charge in [0.2, 0.25) is 0 Å². The molecule has 3 aromatic rings. The minimum absolute atomic E-state index is 1.23. The van der Waals surface area contributed by atoms with Crippen LogP contribution in [0.15, 0.2) is 60.7 Å². The van der Waals surface area contributed by atoms with Crippen molar-refractivity contribution < 1.29 is 0 Å². The molecular formula is C19H16. The summed E-state index contributed by atoms with van der Waals surface area (Å²) in [5.74, 6) is 0. The normalized spacial score (nSPS) is 15.1. The first kappa shape index (κ1) is 10.8. The highest BCUT2D eigenvalue weighted by molar-refractivity contribution is 6.10. The van der Waals surface area contributed by atoms with Crippen LogP contribution in [-0.4, -0.2) is 0 Å². The first-order valence-corrected chi connectivity index (χ1v) is 7.03. The third kappa shape index (κ3) is 1.67.